The Morgan fingerprint density at radius 2 is 1.59 bits per heavy atom. The van der Waals surface area contributed by atoms with Crippen LogP contribution in [0.1, 0.15) is 35.2 Å². The summed E-state index contributed by atoms with van der Waals surface area (Å²) in [6, 6.07) is 21.1. The SMILES string of the molecule is O=C(CC[C@H]1C(=O)N(c2ccc(F)cc2)C1C1C=CC(OCc2ccccc2)=CC1)c1ccc(F)cc1. The van der Waals surface area contributed by atoms with Crippen LogP contribution in [-0.2, 0) is 16.1 Å². The number of amides is 1. The summed E-state index contributed by atoms with van der Waals surface area (Å²) in [6.07, 6.45) is 7.28. The maximum Gasteiger partial charge on any atom is 0.232 e. The summed E-state index contributed by atoms with van der Waals surface area (Å²) in [6.45, 7) is 0.472. The molecule has 37 heavy (non-hydrogen) atoms. The average Bonchev–Trinajstić information content (AvgIpc) is 2.93. The van der Waals surface area contributed by atoms with E-state index in [0.29, 0.717) is 30.7 Å². The normalized spacial score (nSPS) is 20.8. The van der Waals surface area contributed by atoms with Crippen LogP contribution in [0.2, 0.25) is 0 Å². The molecule has 0 aromatic heterocycles. The molecule has 0 saturated carbocycles. The molecule has 3 atom stereocenters. The van der Waals surface area contributed by atoms with Crippen molar-refractivity contribution in [3.8, 4) is 0 Å². The number of β-lactam (4-membered cyclic amide) rings is 1. The molecule has 2 unspecified atom stereocenters. The number of anilines is 1. The number of carbonyl (C=O) groups excluding carboxylic acids is 2. The second kappa shape index (κ2) is 10.9. The van der Waals surface area contributed by atoms with Crippen molar-refractivity contribution < 1.29 is 23.1 Å². The van der Waals surface area contributed by atoms with Gasteiger partial charge in [-0.3, -0.25) is 9.59 Å². The first kappa shape index (κ1) is 24.6. The summed E-state index contributed by atoms with van der Waals surface area (Å²) in [4.78, 5) is 27.6. The molecule has 1 saturated heterocycles. The van der Waals surface area contributed by atoms with Crippen molar-refractivity contribution in [3.63, 3.8) is 0 Å². The number of ketones is 1. The Labute approximate surface area is 214 Å². The van der Waals surface area contributed by atoms with E-state index in [1.54, 1.807) is 17.0 Å². The van der Waals surface area contributed by atoms with E-state index in [4.69, 9.17) is 4.74 Å². The molecule has 188 valence electrons. The Bertz CT molecular complexity index is 1320. The lowest BCUT2D eigenvalue weighted by Crippen LogP contribution is -2.64. The number of allylic oxidation sites excluding steroid dienone is 2. The largest absolute Gasteiger partial charge is 0.489 e. The minimum Gasteiger partial charge on any atom is -0.489 e. The average molecular weight is 500 g/mol. The Morgan fingerprint density at radius 3 is 2.24 bits per heavy atom. The van der Waals surface area contributed by atoms with Gasteiger partial charge in [-0.1, -0.05) is 36.4 Å². The lowest BCUT2D eigenvalue weighted by molar-refractivity contribution is -0.131. The van der Waals surface area contributed by atoms with E-state index in [-0.39, 0.29) is 41.8 Å². The number of Topliss-reactive ketones (excluding diaryl/α,β-unsaturated/α-hetero) is 1. The van der Waals surface area contributed by atoms with Crippen LogP contribution in [0.4, 0.5) is 14.5 Å². The summed E-state index contributed by atoms with van der Waals surface area (Å²) < 4.78 is 32.7. The lowest BCUT2D eigenvalue weighted by Gasteiger charge is -2.50. The van der Waals surface area contributed by atoms with Crippen molar-refractivity contribution in [2.45, 2.75) is 31.9 Å². The molecule has 0 radical (unpaired) electrons. The van der Waals surface area contributed by atoms with E-state index in [2.05, 4.69) is 6.08 Å². The maximum atomic E-state index is 13.5. The van der Waals surface area contributed by atoms with Gasteiger partial charge in [0.2, 0.25) is 5.91 Å². The zero-order valence-corrected chi connectivity index (χ0v) is 20.2. The van der Waals surface area contributed by atoms with Gasteiger partial charge in [-0.15, -0.1) is 0 Å². The van der Waals surface area contributed by atoms with Crippen LogP contribution in [0.15, 0.2) is 103 Å². The number of hydrogen-bond donors (Lipinski definition) is 0. The van der Waals surface area contributed by atoms with Gasteiger partial charge in [-0.2, -0.15) is 0 Å². The van der Waals surface area contributed by atoms with Crippen LogP contribution in [0.25, 0.3) is 0 Å². The third kappa shape index (κ3) is 5.53. The predicted octanol–water partition coefficient (Wildman–Crippen LogP) is 6.64. The van der Waals surface area contributed by atoms with E-state index >= 15 is 0 Å². The van der Waals surface area contributed by atoms with Gasteiger partial charge >= 0.3 is 0 Å². The Hall–Kier alpha value is -4.06. The van der Waals surface area contributed by atoms with Gasteiger partial charge in [0.05, 0.1) is 12.0 Å². The number of rotatable bonds is 9. The predicted molar refractivity (Wildman–Crippen MR) is 138 cm³/mol. The van der Waals surface area contributed by atoms with Crippen LogP contribution < -0.4 is 4.90 Å². The van der Waals surface area contributed by atoms with Gasteiger partial charge in [0.1, 0.15) is 24.0 Å². The van der Waals surface area contributed by atoms with E-state index in [1.165, 1.54) is 36.4 Å². The first-order chi connectivity index (χ1) is 18.0. The molecule has 0 N–H and O–H groups in total. The first-order valence-corrected chi connectivity index (χ1v) is 12.4. The summed E-state index contributed by atoms with van der Waals surface area (Å²) in [5, 5.41) is 0. The topological polar surface area (TPSA) is 46.6 Å². The molecule has 1 aliphatic heterocycles. The third-order valence-corrected chi connectivity index (χ3v) is 7.00. The van der Waals surface area contributed by atoms with Gasteiger partial charge in [0.15, 0.2) is 5.78 Å². The van der Waals surface area contributed by atoms with Crippen LogP contribution >= 0.6 is 0 Å². The summed E-state index contributed by atoms with van der Waals surface area (Å²) in [5.41, 5.74) is 2.15. The van der Waals surface area contributed by atoms with Crippen LogP contribution in [-0.4, -0.2) is 17.7 Å². The highest BCUT2D eigenvalue weighted by Gasteiger charge is 2.50. The molecular weight excluding hydrogens is 472 g/mol. The third-order valence-electron chi connectivity index (χ3n) is 7.00. The number of ether oxygens (including phenoxy) is 1. The highest BCUT2D eigenvalue weighted by atomic mass is 19.1. The molecule has 1 heterocycles. The molecule has 0 bridgehead atoms. The minimum absolute atomic E-state index is 0.0257. The molecule has 3 aromatic carbocycles. The minimum atomic E-state index is -0.398. The second-order valence-corrected chi connectivity index (χ2v) is 9.39. The number of halogens is 2. The highest BCUT2D eigenvalue weighted by Crippen LogP contribution is 2.42. The lowest BCUT2D eigenvalue weighted by atomic mass is 9.73. The molecule has 1 aliphatic carbocycles. The summed E-state index contributed by atoms with van der Waals surface area (Å²) in [5.74, 6) is -0.501. The maximum absolute atomic E-state index is 13.5. The van der Waals surface area contributed by atoms with Crippen molar-refractivity contribution in [2.24, 2.45) is 11.8 Å². The fourth-order valence-corrected chi connectivity index (χ4v) is 5.04. The highest BCUT2D eigenvalue weighted by molar-refractivity contribution is 6.04. The van der Waals surface area contributed by atoms with E-state index in [1.807, 2.05) is 42.5 Å². The molecule has 3 aromatic rings. The first-order valence-electron chi connectivity index (χ1n) is 12.4. The Balaban J connectivity index is 1.28. The van der Waals surface area contributed by atoms with Crippen LogP contribution in [0, 0.1) is 23.5 Å². The van der Waals surface area contributed by atoms with Gasteiger partial charge in [0, 0.05) is 23.6 Å². The van der Waals surface area contributed by atoms with Crippen molar-refractivity contribution in [1.29, 1.82) is 0 Å². The number of carbonyl (C=O) groups is 2. The fourth-order valence-electron chi connectivity index (χ4n) is 5.04. The Kier molecular flexibility index (Phi) is 7.26. The van der Waals surface area contributed by atoms with E-state index < -0.39 is 5.82 Å². The molecule has 6 heteroatoms. The molecule has 5 rings (SSSR count). The molecular formula is C31H27F2NO3. The zero-order chi connectivity index (χ0) is 25.8. The second-order valence-electron chi connectivity index (χ2n) is 9.39. The summed E-state index contributed by atoms with van der Waals surface area (Å²) >= 11 is 0. The Morgan fingerprint density at radius 1 is 0.919 bits per heavy atom. The monoisotopic (exact) mass is 499 g/mol. The van der Waals surface area contributed by atoms with Crippen LogP contribution in [0.5, 0.6) is 0 Å². The van der Waals surface area contributed by atoms with Gasteiger partial charge in [0.25, 0.3) is 0 Å². The molecule has 2 aliphatic rings. The van der Waals surface area contributed by atoms with Crippen molar-refractivity contribution in [1.82, 2.24) is 0 Å². The number of nitrogens with zero attached hydrogens (tertiary/aromatic N) is 1. The molecule has 1 amide bonds. The summed E-state index contributed by atoms with van der Waals surface area (Å²) in [7, 11) is 0. The van der Waals surface area contributed by atoms with Crippen molar-refractivity contribution >= 4 is 17.4 Å². The number of benzene rings is 3. The van der Waals surface area contributed by atoms with Crippen LogP contribution in [0.3, 0.4) is 0 Å². The van der Waals surface area contributed by atoms with Gasteiger partial charge in [-0.05, 0) is 79.1 Å². The van der Waals surface area contributed by atoms with Gasteiger partial charge < -0.3 is 9.64 Å². The molecule has 1 fully saturated rings. The standard InChI is InChI=1S/C31H27F2NO3/c32-24-10-6-22(7-11-24)29(35)19-18-28-30(34(31(28)36)26-14-12-25(33)13-15-26)23-8-16-27(17-9-23)37-20-21-4-2-1-3-5-21/h1-8,10-17,23,28,30H,9,18-20H2/t23?,28-,30?/m1/s1. The number of hydrogen-bond acceptors (Lipinski definition) is 3. The van der Waals surface area contributed by atoms with Crippen molar-refractivity contribution in [2.75, 3.05) is 4.90 Å². The van der Waals surface area contributed by atoms with Gasteiger partial charge in [-0.25, -0.2) is 8.78 Å². The molecule has 4 nitrogen and oxygen atoms in total. The van der Waals surface area contributed by atoms with Crippen molar-refractivity contribution in [3.05, 3.63) is 126 Å². The fraction of sp³-hybridized carbons (Fsp3) is 0.226. The quantitative estimate of drug-likeness (QED) is 0.245. The zero-order valence-electron chi connectivity index (χ0n) is 20.2. The van der Waals surface area contributed by atoms with E-state index in [9.17, 15) is 18.4 Å². The smallest absolute Gasteiger partial charge is 0.232 e. The molecule has 0 spiro atoms. The van der Waals surface area contributed by atoms with E-state index in [0.717, 1.165) is 11.3 Å².